The maximum absolute atomic E-state index is 14.4. The molecule has 1 nitrogen and oxygen atoms in total. The van der Waals surface area contributed by atoms with E-state index in [1.165, 1.54) is 6.07 Å². The maximum Gasteiger partial charge on any atom is 0.148 e. The van der Waals surface area contributed by atoms with Crippen molar-refractivity contribution in [3.05, 3.63) is 67.1 Å². The normalized spacial score (nSPS) is 12.5. The highest BCUT2D eigenvalue weighted by molar-refractivity contribution is 9.10. The smallest absolute Gasteiger partial charge is 0.148 e. The predicted molar refractivity (Wildman–Crippen MR) is 88.7 cm³/mol. The molecule has 0 heterocycles. The van der Waals surface area contributed by atoms with E-state index in [9.17, 15) is 8.78 Å². The van der Waals surface area contributed by atoms with Crippen LogP contribution >= 0.6 is 43.5 Å². The highest BCUT2D eigenvalue weighted by Gasteiger charge is 2.22. The van der Waals surface area contributed by atoms with Gasteiger partial charge in [0.1, 0.15) is 11.6 Å². The molecule has 2 rings (SSSR count). The minimum atomic E-state index is -0.603. The van der Waals surface area contributed by atoms with E-state index < -0.39 is 17.7 Å². The van der Waals surface area contributed by atoms with Gasteiger partial charge in [-0.1, -0.05) is 46.6 Å². The van der Waals surface area contributed by atoms with E-state index in [1.807, 2.05) is 6.92 Å². The third-order valence-electron chi connectivity index (χ3n) is 3.06. The van der Waals surface area contributed by atoms with Gasteiger partial charge in [-0.2, -0.15) is 0 Å². The van der Waals surface area contributed by atoms with Crippen LogP contribution in [0.25, 0.3) is 0 Å². The molecule has 1 atom stereocenters. The van der Waals surface area contributed by atoms with E-state index in [2.05, 4.69) is 37.2 Å². The average molecular weight is 440 g/mol. The molecule has 0 aliphatic heterocycles. The van der Waals surface area contributed by atoms with Gasteiger partial charge in [0.2, 0.25) is 0 Å². The summed E-state index contributed by atoms with van der Waals surface area (Å²) < 4.78 is 29.7. The van der Waals surface area contributed by atoms with Crippen LogP contribution in [-0.4, -0.2) is 6.54 Å². The van der Waals surface area contributed by atoms with Crippen LogP contribution in [0.4, 0.5) is 8.78 Å². The molecule has 6 heteroatoms. The Kier molecular flexibility index (Phi) is 5.77. The molecule has 0 fully saturated rings. The van der Waals surface area contributed by atoms with Crippen LogP contribution in [0.3, 0.4) is 0 Å². The summed E-state index contributed by atoms with van der Waals surface area (Å²) in [4.78, 5) is 0. The third-order valence-corrected chi connectivity index (χ3v) is 4.81. The van der Waals surface area contributed by atoms with Crippen molar-refractivity contribution in [1.29, 1.82) is 0 Å². The Labute approximate surface area is 144 Å². The zero-order chi connectivity index (χ0) is 15.6. The Balaban J connectivity index is 2.56. The molecule has 0 spiro atoms. The zero-order valence-electron chi connectivity index (χ0n) is 11.1. The van der Waals surface area contributed by atoms with Crippen molar-refractivity contribution in [3.63, 3.8) is 0 Å². The molecule has 0 saturated carbocycles. The van der Waals surface area contributed by atoms with Gasteiger partial charge >= 0.3 is 0 Å². The average Bonchev–Trinajstić information content (AvgIpc) is 2.44. The predicted octanol–water partition coefficient (Wildman–Crippen LogP) is 5.84. The summed E-state index contributed by atoms with van der Waals surface area (Å²) >= 11 is 12.3. The summed E-state index contributed by atoms with van der Waals surface area (Å²) in [5.41, 5.74) is 0.684. The largest absolute Gasteiger partial charge is 0.306 e. The van der Waals surface area contributed by atoms with Gasteiger partial charge in [0.05, 0.1) is 11.1 Å². The van der Waals surface area contributed by atoms with Crippen LogP contribution in [0.1, 0.15) is 24.1 Å². The quantitative estimate of drug-likeness (QED) is 0.590. The van der Waals surface area contributed by atoms with Gasteiger partial charge in [0.25, 0.3) is 0 Å². The molecule has 2 aromatic rings. The Hall–Kier alpha value is -0.490. The summed E-state index contributed by atoms with van der Waals surface area (Å²) in [7, 11) is 0. The maximum atomic E-state index is 14.4. The van der Waals surface area contributed by atoms with Gasteiger partial charge in [-0.05, 0) is 40.7 Å². The Morgan fingerprint density at radius 1 is 1.14 bits per heavy atom. The van der Waals surface area contributed by atoms with Crippen molar-refractivity contribution < 1.29 is 8.78 Å². The number of hydrogen-bond acceptors (Lipinski definition) is 1. The van der Waals surface area contributed by atoms with E-state index >= 15 is 0 Å². The molecule has 0 aliphatic carbocycles. The fourth-order valence-corrected chi connectivity index (χ4v) is 2.90. The van der Waals surface area contributed by atoms with Crippen molar-refractivity contribution in [3.8, 4) is 0 Å². The molecule has 1 N–H and O–H groups in total. The van der Waals surface area contributed by atoms with Gasteiger partial charge in [-0.25, -0.2) is 8.78 Å². The number of nitrogens with one attached hydrogen (secondary N) is 1. The summed E-state index contributed by atoms with van der Waals surface area (Å²) in [6.45, 7) is 2.44. The Morgan fingerprint density at radius 3 is 2.43 bits per heavy atom. The van der Waals surface area contributed by atoms with Crippen LogP contribution in [0.15, 0.2) is 39.3 Å². The number of hydrogen-bond donors (Lipinski definition) is 1. The second-order valence-corrected chi connectivity index (χ2v) is 6.57. The Bertz CT molecular complexity index is 664. The number of halogens is 5. The van der Waals surface area contributed by atoms with E-state index in [-0.39, 0.29) is 5.02 Å². The first-order valence-electron chi connectivity index (χ1n) is 6.27. The van der Waals surface area contributed by atoms with Crippen LogP contribution in [-0.2, 0) is 0 Å². The molecule has 0 saturated heterocycles. The van der Waals surface area contributed by atoms with Gasteiger partial charge in [0, 0.05) is 20.1 Å². The van der Waals surface area contributed by atoms with Crippen molar-refractivity contribution in [2.45, 2.75) is 13.0 Å². The fraction of sp³-hybridized carbons (Fsp3) is 0.200. The molecular formula is C15H12Br2ClF2N. The molecule has 0 bridgehead atoms. The minimum absolute atomic E-state index is 0.00655. The lowest BCUT2D eigenvalue weighted by atomic mass is 9.97. The second-order valence-electron chi connectivity index (χ2n) is 4.42. The van der Waals surface area contributed by atoms with Crippen LogP contribution < -0.4 is 5.32 Å². The summed E-state index contributed by atoms with van der Waals surface area (Å²) in [6.07, 6.45) is 0. The summed E-state index contributed by atoms with van der Waals surface area (Å²) in [6, 6.07) is 7.36. The van der Waals surface area contributed by atoms with Crippen molar-refractivity contribution in [1.82, 2.24) is 5.32 Å². The monoisotopic (exact) mass is 437 g/mol. The van der Waals surface area contributed by atoms with E-state index in [0.29, 0.717) is 26.6 Å². The molecule has 2 aromatic carbocycles. The van der Waals surface area contributed by atoms with Gasteiger partial charge in [0.15, 0.2) is 0 Å². The molecule has 0 amide bonds. The lowest BCUT2D eigenvalue weighted by molar-refractivity contribution is 0.530. The molecule has 1 unspecified atom stereocenters. The highest BCUT2D eigenvalue weighted by atomic mass is 79.9. The van der Waals surface area contributed by atoms with E-state index in [4.69, 9.17) is 11.6 Å². The zero-order valence-corrected chi connectivity index (χ0v) is 15.0. The van der Waals surface area contributed by atoms with Crippen LogP contribution in [0.2, 0.25) is 5.02 Å². The fourth-order valence-electron chi connectivity index (χ4n) is 2.09. The standard InChI is InChI=1S/C15H12Br2ClF2N/c1-2-21-15(9-4-3-8(16)7-12(9)19)10-5-6-11(17)13(18)14(10)20/h3-7,15,21H,2H2,1H3. The van der Waals surface area contributed by atoms with Crippen molar-refractivity contribution >= 4 is 43.5 Å². The molecule has 0 aromatic heterocycles. The number of benzene rings is 2. The topological polar surface area (TPSA) is 12.0 Å². The summed E-state index contributed by atoms with van der Waals surface area (Å²) in [5.74, 6) is -0.965. The van der Waals surface area contributed by atoms with Crippen LogP contribution in [0.5, 0.6) is 0 Å². The van der Waals surface area contributed by atoms with Gasteiger partial charge < -0.3 is 5.32 Å². The molecular weight excluding hydrogens is 427 g/mol. The first kappa shape index (κ1) is 16.9. The van der Waals surface area contributed by atoms with E-state index in [1.54, 1.807) is 24.3 Å². The van der Waals surface area contributed by atoms with Gasteiger partial charge in [-0.3, -0.25) is 0 Å². The lowest BCUT2D eigenvalue weighted by Gasteiger charge is -2.21. The second kappa shape index (κ2) is 7.18. The SMILES string of the molecule is CCNC(c1ccc(Br)cc1F)c1ccc(Br)c(Cl)c1F. The first-order chi connectivity index (χ1) is 9.95. The van der Waals surface area contributed by atoms with Crippen molar-refractivity contribution in [2.24, 2.45) is 0 Å². The molecule has 112 valence electrons. The number of rotatable bonds is 4. The van der Waals surface area contributed by atoms with E-state index in [0.717, 1.165) is 0 Å². The highest BCUT2D eigenvalue weighted by Crippen LogP contribution is 2.34. The molecule has 21 heavy (non-hydrogen) atoms. The summed E-state index contributed by atoms with van der Waals surface area (Å²) in [5, 5.41) is 3.09. The first-order valence-corrected chi connectivity index (χ1v) is 8.23. The molecule has 0 aliphatic rings. The minimum Gasteiger partial charge on any atom is -0.306 e. The lowest BCUT2D eigenvalue weighted by Crippen LogP contribution is -2.24. The molecule has 0 radical (unpaired) electrons. The van der Waals surface area contributed by atoms with Crippen molar-refractivity contribution in [2.75, 3.05) is 6.54 Å². The third kappa shape index (κ3) is 3.65. The van der Waals surface area contributed by atoms with Gasteiger partial charge in [-0.15, -0.1) is 0 Å². The van der Waals surface area contributed by atoms with Crippen LogP contribution in [0, 0.1) is 11.6 Å². The Morgan fingerprint density at radius 2 is 1.81 bits per heavy atom.